The molecule has 0 fully saturated rings. The van der Waals surface area contributed by atoms with Crippen LogP contribution >= 0.6 is 54.5 Å². The van der Waals surface area contributed by atoms with Crippen LogP contribution in [0, 0.1) is 15.4 Å². The van der Waals surface area contributed by atoms with E-state index in [9.17, 15) is 9.90 Å². The van der Waals surface area contributed by atoms with Crippen LogP contribution in [0.25, 0.3) is 0 Å². The Labute approximate surface area is 208 Å². The van der Waals surface area contributed by atoms with Gasteiger partial charge in [0.05, 0.1) is 3.57 Å². The lowest BCUT2D eigenvalue weighted by Gasteiger charge is -2.19. The van der Waals surface area contributed by atoms with E-state index in [0.29, 0.717) is 19.0 Å². The Hall–Kier alpha value is -1.08. The number of halogens is 3. The van der Waals surface area contributed by atoms with Gasteiger partial charge in [0, 0.05) is 19.4 Å². The van der Waals surface area contributed by atoms with Gasteiger partial charge in [-0.1, -0.05) is 74.1 Å². The first-order chi connectivity index (χ1) is 14.2. The molecular weight excluding hydrogens is 627 g/mol. The van der Waals surface area contributed by atoms with Gasteiger partial charge in [-0.2, -0.15) is 0 Å². The summed E-state index contributed by atoms with van der Waals surface area (Å²) >= 11 is 9.40. The van der Waals surface area contributed by atoms with Gasteiger partial charge in [-0.05, 0) is 64.2 Å². The molecular formula is C23H23Br2IO4. The maximum atomic E-state index is 11.4. The van der Waals surface area contributed by atoms with E-state index in [1.807, 2.05) is 49.4 Å². The molecule has 0 heterocycles. The molecule has 7 heteroatoms. The fraction of sp³-hybridized carbons (Fsp3) is 0.348. The molecule has 0 amide bonds. The van der Waals surface area contributed by atoms with Crippen LogP contribution in [0.5, 0.6) is 5.75 Å². The number of benzene rings is 1. The minimum Gasteiger partial charge on any atom is -0.488 e. The molecule has 1 aliphatic rings. The number of aliphatic carboxylic acids is 1. The highest BCUT2D eigenvalue weighted by Crippen LogP contribution is 2.33. The van der Waals surface area contributed by atoms with E-state index in [-0.39, 0.29) is 10.7 Å². The number of carboxylic acids is 1. The molecule has 1 N–H and O–H groups in total. The van der Waals surface area contributed by atoms with Crippen LogP contribution in [0.15, 0.2) is 52.6 Å². The van der Waals surface area contributed by atoms with Gasteiger partial charge in [0.15, 0.2) is 6.10 Å². The molecule has 0 radical (unpaired) electrons. The third-order valence-electron chi connectivity index (χ3n) is 4.25. The van der Waals surface area contributed by atoms with Crippen LogP contribution in [0.3, 0.4) is 0 Å². The molecule has 1 aromatic carbocycles. The Balaban J connectivity index is 2.07. The van der Waals surface area contributed by atoms with Gasteiger partial charge in [-0.3, -0.25) is 0 Å². The minimum atomic E-state index is -0.977. The zero-order valence-electron chi connectivity index (χ0n) is 16.8. The minimum absolute atomic E-state index is 0.249. The lowest BCUT2D eigenvalue weighted by molar-refractivity contribution is -0.149. The van der Waals surface area contributed by atoms with Gasteiger partial charge in [0.1, 0.15) is 16.7 Å². The third kappa shape index (κ3) is 7.88. The summed E-state index contributed by atoms with van der Waals surface area (Å²) in [6.07, 6.45) is 8.07. The molecule has 1 aromatic rings. The van der Waals surface area contributed by atoms with Crippen molar-refractivity contribution in [3.05, 3.63) is 61.7 Å². The van der Waals surface area contributed by atoms with E-state index in [0.717, 1.165) is 25.6 Å². The van der Waals surface area contributed by atoms with E-state index in [1.165, 1.54) is 0 Å². The zero-order valence-corrected chi connectivity index (χ0v) is 22.1. The SMILES string of the molecule is CCO[C@@H](Cc1cccc(I)c1OCC=C(C)C#CC1(Br)C=CC=C(Br)C1)C(=O)O. The Kier molecular flexibility index (Phi) is 10.1. The number of para-hydroxylation sites is 1. The van der Waals surface area contributed by atoms with Gasteiger partial charge in [0.2, 0.25) is 0 Å². The molecule has 2 rings (SSSR count). The fourth-order valence-electron chi connectivity index (χ4n) is 2.75. The summed E-state index contributed by atoms with van der Waals surface area (Å²) in [5, 5.41) is 9.37. The number of allylic oxidation sites excluding steroid dienone is 5. The van der Waals surface area contributed by atoms with Crippen molar-refractivity contribution in [3.63, 3.8) is 0 Å². The van der Waals surface area contributed by atoms with E-state index in [2.05, 4.69) is 66.3 Å². The normalized spacial score (nSPS) is 19.5. The Morgan fingerprint density at radius 3 is 2.90 bits per heavy atom. The molecule has 160 valence electrons. The van der Waals surface area contributed by atoms with Crippen LogP contribution in [-0.4, -0.2) is 34.7 Å². The third-order valence-corrected chi connectivity index (χ3v) is 6.38. The maximum Gasteiger partial charge on any atom is 0.333 e. The molecule has 0 saturated heterocycles. The number of rotatable bonds is 8. The number of hydrogen-bond acceptors (Lipinski definition) is 3. The molecule has 0 aromatic heterocycles. The monoisotopic (exact) mass is 648 g/mol. The topological polar surface area (TPSA) is 55.8 Å². The highest BCUT2D eigenvalue weighted by molar-refractivity contribution is 14.1. The number of ether oxygens (including phenoxy) is 2. The van der Waals surface area contributed by atoms with Crippen LogP contribution in [0.2, 0.25) is 0 Å². The highest BCUT2D eigenvalue weighted by Gasteiger charge is 2.23. The van der Waals surface area contributed by atoms with Gasteiger partial charge in [-0.25, -0.2) is 4.79 Å². The van der Waals surface area contributed by atoms with Crippen LogP contribution in [0.1, 0.15) is 25.8 Å². The van der Waals surface area contributed by atoms with Crippen molar-refractivity contribution >= 4 is 60.4 Å². The van der Waals surface area contributed by atoms with Gasteiger partial charge < -0.3 is 14.6 Å². The fourth-order valence-corrected chi connectivity index (χ4v) is 4.99. The van der Waals surface area contributed by atoms with E-state index < -0.39 is 12.1 Å². The Morgan fingerprint density at radius 1 is 1.47 bits per heavy atom. The lowest BCUT2D eigenvalue weighted by Crippen LogP contribution is -2.26. The second kappa shape index (κ2) is 12.1. The second-order valence-electron chi connectivity index (χ2n) is 6.67. The van der Waals surface area contributed by atoms with Gasteiger partial charge >= 0.3 is 5.97 Å². The first kappa shape index (κ1) is 25.2. The number of hydrogen-bond donors (Lipinski definition) is 1. The van der Waals surface area contributed by atoms with E-state index >= 15 is 0 Å². The van der Waals surface area contributed by atoms with Crippen LogP contribution < -0.4 is 4.74 Å². The van der Waals surface area contributed by atoms with Crippen LogP contribution in [-0.2, 0) is 16.0 Å². The summed E-state index contributed by atoms with van der Waals surface area (Å²) in [5.74, 6) is 6.14. The van der Waals surface area contributed by atoms with Crippen molar-refractivity contribution < 1.29 is 19.4 Å². The van der Waals surface area contributed by atoms with Crippen molar-refractivity contribution in [3.8, 4) is 17.6 Å². The van der Waals surface area contributed by atoms with Crippen LogP contribution in [0.4, 0.5) is 0 Å². The summed E-state index contributed by atoms with van der Waals surface area (Å²) in [7, 11) is 0. The van der Waals surface area contributed by atoms with Crippen molar-refractivity contribution in [2.45, 2.75) is 37.1 Å². The second-order valence-corrected chi connectivity index (χ2v) is 10.3. The standard InChI is InChI=1S/C23H23Br2IO4/c1-3-29-20(22(27)28)14-17-6-4-8-19(26)21(17)30-13-10-16(2)9-12-23(25)11-5-7-18(24)15-23/h4-8,10-11,20H,3,13-15H2,1-2H3,(H,27,28)/t20-,23?/m0/s1. The van der Waals surface area contributed by atoms with E-state index in [4.69, 9.17) is 9.47 Å². The Bertz CT molecular complexity index is 927. The predicted octanol–water partition coefficient (Wildman–Crippen LogP) is 6.02. The zero-order chi connectivity index (χ0) is 22.1. The summed E-state index contributed by atoms with van der Waals surface area (Å²) in [6, 6.07) is 5.70. The average molecular weight is 650 g/mol. The molecule has 0 spiro atoms. The van der Waals surface area contributed by atoms with Gasteiger partial charge in [-0.15, -0.1) is 0 Å². The molecule has 0 bridgehead atoms. The largest absolute Gasteiger partial charge is 0.488 e. The van der Waals surface area contributed by atoms with Crippen molar-refractivity contribution in [2.24, 2.45) is 0 Å². The molecule has 0 aliphatic heterocycles. The first-order valence-electron chi connectivity index (χ1n) is 9.41. The summed E-state index contributed by atoms with van der Waals surface area (Å²) < 4.78 is 13.0. The summed E-state index contributed by atoms with van der Waals surface area (Å²) in [6.45, 7) is 4.41. The van der Waals surface area contributed by atoms with Crippen molar-refractivity contribution in [2.75, 3.05) is 13.2 Å². The summed E-state index contributed by atoms with van der Waals surface area (Å²) in [5.41, 5.74) is 1.71. The number of carbonyl (C=O) groups is 1. The average Bonchev–Trinajstić information content (AvgIpc) is 2.68. The molecule has 4 nitrogen and oxygen atoms in total. The molecule has 30 heavy (non-hydrogen) atoms. The first-order valence-corrected chi connectivity index (χ1v) is 12.1. The molecule has 2 atom stereocenters. The molecule has 1 unspecified atom stereocenters. The smallest absolute Gasteiger partial charge is 0.333 e. The maximum absolute atomic E-state index is 11.4. The van der Waals surface area contributed by atoms with E-state index in [1.54, 1.807) is 6.92 Å². The Morgan fingerprint density at radius 2 is 2.23 bits per heavy atom. The van der Waals surface area contributed by atoms with Crippen molar-refractivity contribution in [1.82, 2.24) is 0 Å². The number of alkyl halides is 1. The lowest BCUT2D eigenvalue weighted by atomic mass is 10.0. The molecule has 0 saturated carbocycles. The highest BCUT2D eigenvalue weighted by atomic mass is 127. The quantitative estimate of drug-likeness (QED) is 0.213. The number of carboxylic acid groups (broad SMARTS) is 1. The molecule has 1 aliphatic carbocycles. The van der Waals surface area contributed by atoms with Gasteiger partial charge in [0.25, 0.3) is 0 Å². The predicted molar refractivity (Wildman–Crippen MR) is 135 cm³/mol. The summed E-state index contributed by atoms with van der Waals surface area (Å²) in [4.78, 5) is 11.4. The van der Waals surface area contributed by atoms with Crippen molar-refractivity contribution in [1.29, 1.82) is 0 Å².